The van der Waals surface area contributed by atoms with Crippen LogP contribution in [0, 0.1) is 0 Å². The number of hydrogen-bond acceptors (Lipinski definition) is 5. The molecule has 0 saturated carbocycles. The van der Waals surface area contributed by atoms with Crippen LogP contribution in [0.15, 0.2) is 30.4 Å². The van der Waals surface area contributed by atoms with E-state index in [0.29, 0.717) is 24.5 Å². The molecule has 0 heterocycles. The summed E-state index contributed by atoms with van der Waals surface area (Å²) < 4.78 is 15.2. The summed E-state index contributed by atoms with van der Waals surface area (Å²) in [5.74, 6) is 0.464. The van der Waals surface area contributed by atoms with E-state index in [1.54, 1.807) is 20.3 Å². The fraction of sp³-hybridized carbons (Fsp3) is 0.412. The predicted octanol–water partition coefficient (Wildman–Crippen LogP) is 1.87. The van der Waals surface area contributed by atoms with Crippen molar-refractivity contribution >= 4 is 11.9 Å². The summed E-state index contributed by atoms with van der Waals surface area (Å²) in [5, 5.41) is 2.70. The highest BCUT2D eigenvalue weighted by Gasteiger charge is 2.06. The number of allylic oxidation sites excluding steroid dienone is 1. The van der Waals surface area contributed by atoms with Crippen molar-refractivity contribution in [3.63, 3.8) is 0 Å². The molecule has 0 fully saturated rings. The molecule has 1 aromatic rings. The quantitative estimate of drug-likeness (QED) is 0.555. The van der Waals surface area contributed by atoms with Gasteiger partial charge in [0.05, 0.1) is 14.2 Å². The number of amides is 1. The van der Waals surface area contributed by atoms with E-state index in [-0.39, 0.29) is 12.5 Å². The molecule has 0 saturated heterocycles. The first kappa shape index (κ1) is 18.5. The number of nitrogens with one attached hydrogen (secondary N) is 1. The van der Waals surface area contributed by atoms with Crippen molar-refractivity contribution in [1.29, 1.82) is 0 Å². The molecule has 0 aromatic heterocycles. The van der Waals surface area contributed by atoms with Crippen LogP contribution >= 0.6 is 0 Å². The fourth-order valence-electron chi connectivity index (χ4n) is 1.83. The molecule has 1 rings (SSSR count). The van der Waals surface area contributed by atoms with E-state index in [1.165, 1.54) is 6.08 Å². The van der Waals surface area contributed by atoms with Crippen LogP contribution in [0.3, 0.4) is 0 Å². The molecule has 0 unspecified atom stereocenters. The lowest BCUT2D eigenvalue weighted by molar-refractivity contribution is -0.143. The minimum Gasteiger partial charge on any atom is -0.493 e. The Morgan fingerprint density at radius 3 is 2.57 bits per heavy atom. The van der Waals surface area contributed by atoms with Gasteiger partial charge < -0.3 is 19.5 Å². The standard InChI is InChI=1S/C17H23NO5/c1-4-5-6-17(20)23-12-16(19)18-10-9-13-7-8-14(21-2)15(11-13)22-3/h5-8,11H,4,9-10,12H2,1-3H3,(H,18,19)/b6-5+. The molecule has 0 spiro atoms. The number of ether oxygens (including phenoxy) is 3. The molecule has 0 radical (unpaired) electrons. The summed E-state index contributed by atoms with van der Waals surface area (Å²) in [7, 11) is 3.15. The van der Waals surface area contributed by atoms with Gasteiger partial charge in [0.25, 0.3) is 5.91 Å². The molecular formula is C17H23NO5. The molecule has 0 atom stereocenters. The number of benzene rings is 1. The van der Waals surface area contributed by atoms with E-state index in [2.05, 4.69) is 5.32 Å². The summed E-state index contributed by atoms with van der Waals surface area (Å²) >= 11 is 0. The first-order chi connectivity index (χ1) is 11.1. The third kappa shape index (κ3) is 6.86. The van der Waals surface area contributed by atoms with Crippen molar-refractivity contribution in [2.24, 2.45) is 0 Å². The normalized spacial score (nSPS) is 10.4. The summed E-state index contributed by atoms with van der Waals surface area (Å²) in [4.78, 5) is 22.8. The highest BCUT2D eigenvalue weighted by atomic mass is 16.5. The Balaban J connectivity index is 2.35. The largest absolute Gasteiger partial charge is 0.493 e. The van der Waals surface area contributed by atoms with Gasteiger partial charge in [0.15, 0.2) is 18.1 Å². The molecule has 6 heteroatoms. The zero-order chi connectivity index (χ0) is 17.1. The van der Waals surface area contributed by atoms with E-state index >= 15 is 0 Å². The predicted molar refractivity (Wildman–Crippen MR) is 86.6 cm³/mol. The number of rotatable bonds is 9. The molecule has 0 aliphatic carbocycles. The third-order valence-electron chi connectivity index (χ3n) is 3.02. The van der Waals surface area contributed by atoms with Crippen LogP contribution in [-0.4, -0.2) is 39.2 Å². The van der Waals surface area contributed by atoms with Crippen LogP contribution in [0.5, 0.6) is 11.5 Å². The topological polar surface area (TPSA) is 73.9 Å². The molecular weight excluding hydrogens is 298 g/mol. The highest BCUT2D eigenvalue weighted by molar-refractivity contribution is 5.85. The monoisotopic (exact) mass is 321 g/mol. The van der Waals surface area contributed by atoms with Crippen LogP contribution < -0.4 is 14.8 Å². The Morgan fingerprint density at radius 2 is 1.91 bits per heavy atom. The summed E-state index contributed by atoms with van der Waals surface area (Å²) in [6.07, 6.45) is 4.37. The maximum Gasteiger partial charge on any atom is 0.330 e. The molecule has 1 amide bonds. The van der Waals surface area contributed by atoms with Crippen molar-refractivity contribution < 1.29 is 23.8 Å². The minimum absolute atomic E-state index is 0.279. The van der Waals surface area contributed by atoms with Gasteiger partial charge >= 0.3 is 5.97 Å². The molecule has 1 N–H and O–H groups in total. The van der Waals surface area contributed by atoms with Gasteiger partial charge in [0, 0.05) is 12.6 Å². The van der Waals surface area contributed by atoms with Crippen LogP contribution in [0.4, 0.5) is 0 Å². The summed E-state index contributed by atoms with van der Waals surface area (Å²) in [6, 6.07) is 5.58. The van der Waals surface area contributed by atoms with Gasteiger partial charge in [0.2, 0.25) is 0 Å². The van der Waals surface area contributed by atoms with Crippen molar-refractivity contribution in [3.8, 4) is 11.5 Å². The van der Waals surface area contributed by atoms with E-state index in [1.807, 2.05) is 25.1 Å². The Kier molecular flexibility index (Phi) is 8.28. The molecule has 0 bridgehead atoms. The second kappa shape index (κ2) is 10.3. The lowest BCUT2D eigenvalue weighted by Gasteiger charge is -2.10. The summed E-state index contributed by atoms with van der Waals surface area (Å²) in [6.45, 7) is 2.07. The Hall–Kier alpha value is -2.50. The maximum atomic E-state index is 11.6. The Morgan fingerprint density at radius 1 is 1.17 bits per heavy atom. The van der Waals surface area contributed by atoms with Crippen molar-refractivity contribution in [2.75, 3.05) is 27.4 Å². The molecule has 1 aromatic carbocycles. The minimum atomic E-state index is -0.512. The van der Waals surface area contributed by atoms with Gasteiger partial charge in [-0.15, -0.1) is 0 Å². The number of hydrogen-bond donors (Lipinski definition) is 1. The van der Waals surface area contributed by atoms with Gasteiger partial charge in [-0.2, -0.15) is 0 Å². The van der Waals surface area contributed by atoms with Gasteiger partial charge in [-0.05, 0) is 30.5 Å². The van der Waals surface area contributed by atoms with Gasteiger partial charge in [-0.25, -0.2) is 4.79 Å². The lowest BCUT2D eigenvalue weighted by Crippen LogP contribution is -2.30. The van der Waals surface area contributed by atoms with Crippen LogP contribution in [0.2, 0.25) is 0 Å². The average molecular weight is 321 g/mol. The first-order valence-electron chi connectivity index (χ1n) is 7.41. The fourth-order valence-corrected chi connectivity index (χ4v) is 1.83. The smallest absolute Gasteiger partial charge is 0.330 e. The van der Waals surface area contributed by atoms with Crippen LogP contribution in [0.25, 0.3) is 0 Å². The van der Waals surface area contributed by atoms with E-state index < -0.39 is 5.97 Å². The van der Waals surface area contributed by atoms with Gasteiger partial charge in [0.1, 0.15) is 0 Å². The molecule has 126 valence electrons. The molecule has 6 nitrogen and oxygen atoms in total. The van der Waals surface area contributed by atoms with Gasteiger partial charge in [-0.3, -0.25) is 4.79 Å². The number of carbonyl (C=O) groups excluding carboxylic acids is 2. The molecule has 23 heavy (non-hydrogen) atoms. The number of carbonyl (C=O) groups is 2. The lowest BCUT2D eigenvalue weighted by atomic mass is 10.1. The zero-order valence-corrected chi connectivity index (χ0v) is 13.8. The Bertz CT molecular complexity index is 554. The second-order valence-corrected chi connectivity index (χ2v) is 4.71. The van der Waals surface area contributed by atoms with Crippen molar-refractivity contribution in [2.45, 2.75) is 19.8 Å². The summed E-state index contributed by atoms with van der Waals surface area (Å²) in [5.41, 5.74) is 1.01. The second-order valence-electron chi connectivity index (χ2n) is 4.71. The van der Waals surface area contributed by atoms with Crippen molar-refractivity contribution in [3.05, 3.63) is 35.9 Å². The van der Waals surface area contributed by atoms with Crippen LogP contribution in [0.1, 0.15) is 18.9 Å². The average Bonchev–Trinajstić information content (AvgIpc) is 2.57. The SMILES string of the molecule is CC/C=C/C(=O)OCC(=O)NCCc1ccc(OC)c(OC)c1. The van der Waals surface area contributed by atoms with E-state index in [0.717, 1.165) is 12.0 Å². The molecule has 0 aliphatic rings. The van der Waals surface area contributed by atoms with E-state index in [9.17, 15) is 9.59 Å². The number of methoxy groups -OCH3 is 2. The zero-order valence-electron chi connectivity index (χ0n) is 13.8. The maximum absolute atomic E-state index is 11.6. The number of esters is 1. The Labute approximate surface area is 136 Å². The van der Waals surface area contributed by atoms with Crippen molar-refractivity contribution in [1.82, 2.24) is 5.32 Å². The van der Waals surface area contributed by atoms with E-state index in [4.69, 9.17) is 14.2 Å². The third-order valence-corrected chi connectivity index (χ3v) is 3.02. The van der Waals surface area contributed by atoms with Crippen LogP contribution in [-0.2, 0) is 20.7 Å². The van der Waals surface area contributed by atoms with Gasteiger partial charge in [-0.1, -0.05) is 19.1 Å². The molecule has 0 aliphatic heterocycles. The first-order valence-corrected chi connectivity index (χ1v) is 7.41. The highest BCUT2D eigenvalue weighted by Crippen LogP contribution is 2.27.